The number of carbonyl (C=O) groups excluding carboxylic acids is 3. The van der Waals surface area contributed by atoms with Crippen LogP contribution in [0.2, 0.25) is 0 Å². The van der Waals surface area contributed by atoms with E-state index in [2.05, 4.69) is 12.2 Å². The van der Waals surface area contributed by atoms with Gasteiger partial charge in [0.1, 0.15) is 0 Å². The van der Waals surface area contributed by atoms with Crippen LogP contribution in [-0.2, 0) is 19.2 Å². The summed E-state index contributed by atoms with van der Waals surface area (Å²) < 4.78 is 0. The third-order valence-corrected chi connectivity index (χ3v) is 4.21. The minimum absolute atomic E-state index is 0.142. The van der Waals surface area contributed by atoms with Gasteiger partial charge >= 0.3 is 5.97 Å². The van der Waals surface area contributed by atoms with Crippen molar-refractivity contribution in [3.05, 3.63) is 12.2 Å². The minimum Gasteiger partial charge on any atom is -0.330 e. The zero-order valence-corrected chi connectivity index (χ0v) is 10.7. The molecule has 0 aromatic rings. The van der Waals surface area contributed by atoms with E-state index in [0.29, 0.717) is 11.0 Å². The van der Waals surface area contributed by atoms with Crippen molar-refractivity contribution in [2.24, 2.45) is 17.8 Å². The molecule has 0 radical (unpaired) electrons. The molecule has 102 valence electrons. The van der Waals surface area contributed by atoms with E-state index in [-0.39, 0.29) is 24.7 Å². The lowest BCUT2D eigenvalue weighted by atomic mass is 10.1. The van der Waals surface area contributed by atoms with Crippen LogP contribution in [0.15, 0.2) is 12.2 Å². The highest BCUT2D eigenvalue weighted by Crippen LogP contribution is 2.52. The average Bonchev–Trinajstić information content (AvgIpc) is 2.94. The van der Waals surface area contributed by atoms with Gasteiger partial charge in [-0.2, -0.15) is 0 Å². The maximum atomic E-state index is 12.0. The Morgan fingerprint density at radius 2 is 1.95 bits per heavy atom. The summed E-state index contributed by atoms with van der Waals surface area (Å²) >= 11 is 0. The number of imide groups is 1. The fourth-order valence-electron chi connectivity index (χ4n) is 3.07. The van der Waals surface area contributed by atoms with Crippen LogP contribution in [0.1, 0.15) is 38.5 Å². The van der Waals surface area contributed by atoms with E-state index in [1.807, 2.05) is 0 Å². The lowest BCUT2D eigenvalue weighted by Crippen LogP contribution is -2.33. The van der Waals surface area contributed by atoms with Gasteiger partial charge in [0.2, 0.25) is 0 Å². The Balaban J connectivity index is 1.62. The van der Waals surface area contributed by atoms with Crippen LogP contribution in [-0.4, -0.2) is 22.8 Å². The highest BCUT2D eigenvalue weighted by molar-refractivity contribution is 6.01. The maximum Gasteiger partial charge on any atom is 0.337 e. The standard InChI is InChI=1S/C14H17NO4/c16-11-7-8-12(17)15(11)19-14(18)13-9-5-3-1-2-4-6-10(9)13/h3,5,9-10,13H,1-2,4,6-8H2/b5-3+. The first-order valence-electron chi connectivity index (χ1n) is 6.93. The second-order valence-electron chi connectivity index (χ2n) is 5.47. The molecule has 3 atom stereocenters. The summed E-state index contributed by atoms with van der Waals surface area (Å²) in [6, 6.07) is 0. The summed E-state index contributed by atoms with van der Waals surface area (Å²) in [6.07, 6.45) is 8.86. The topological polar surface area (TPSA) is 63.7 Å². The van der Waals surface area contributed by atoms with Gasteiger partial charge in [-0.05, 0) is 31.1 Å². The Hall–Kier alpha value is -1.65. The average molecular weight is 263 g/mol. The van der Waals surface area contributed by atoms with Gasteiger partial charge < -0.3 is 4.84 Å². The van der Waals surface area contributed by atoms with Crippen molar-refractivity contribution in [3.8, 4) is 0 Å². The fraction of sp³-hybridized carbons (Fsp3) is 0.643. The first-order valence-corrected chi connectivity index (χ1v) is 6.93. The number of hydrogen-bond donors (Lipinski definition) is 0. The molecule has 1 aliphatic heterocycles. The predicted molar refractivity (Wildman–Crippen MR) is 65.3 cm³/mol. The number of carbonyl (C=O) groups is 3. The number of hydroxylamine groups is 2. The molecule has 0 aromatic carbocycles. The Morgan fingerprint density at radius 1 is 1.21 bits per heavy atom. The van der Waals surface area contributed by atoms with Gasteiger partial charge in [0.05, 0.1) is 5.92 Å². The van der Waals surface area contributed by atoms with Crippen LogP contribution in [0.4, 0.5) is 0 Å². The molecule has 3 rings (SSSR count). The van der Waals surface area contributed by atoms with Crippen molar-refractivity contribution in [1.82, 2.24) is 5.06 Å². The van der Waals surface area contributed by atoms with Crippen LogP contribution in [0.25, 0.3) is 0 Å². The fourth-order valence-corrected chi connectivity index (χ4v) is 3.07. The number of rotatable bonds is 2. The quantitative estimate of drug-likeness (QED) is 0.560. The van der Waals surface area contributed by atoms with Gasteiger partial charge in [0, 0.05) is 12.8 Å². The number of nitrogens with zero attached hydrogens (tertiary/aromatic N) is 1. The number of amides is 2. The van der Waals surface area contributed by atoms with E-state index in [1.165, 1.54) is 0 Å². The van der Waals surface area contributed by atoms with Gasteiger partial charge in [-0.3, -0.25) is 9.59 Å². The molecule has 1 saturated carbocycles. The van der Waals surface area contributed by atoms with Crippen LogP contribution < -0.4 is 0 Å². The molecule has 2 aliphatic carbocycles. The molecular formula is C14H17NO4. The van der Waals surface area contributed by atoms with Crippen molar-refractivity contribution < 1.29 is 19.2 Å². The first-order chi connectivity index (χ1) is 9.18. The summed E-state index contributed by atoms with van der Waals surface area (Å²) in [5, 5.41) is 0.651. The van der Waals surface area contributed by atoms with E-state index in [4.69, 9.17) is 4.84 Å². The van der Waals surface area contributed by atoms with E-state index in [1.54, 1.807) is 0 Å². The molecule has 0 aromatic heterocycles. The monoisotopic (exact) mass is 263 g/mol. The summed E-state index contributed by atoms with van der Waals surface area (Å²) in [7, 11) is 0. The molecule has 1 saturated heterocycles. The normalized spacial score (nSPS) is 35.4. The Kier molecular flexibility index (Phi) is 3.12. The van der Waals surface area contributed by atoms with E-state index < -0.39 is 17.8 Å². The van der Waals surface area contributed by atoms with Gasteiger partial charge in [-0.1, -0.05) is 18.6 Å². The minimum atomic E-state index is -0.426. The van der Waals surface area contributed by atoms with Crippen molar-refractivity contribution >= 4 is 17.8 Å². The van der Waals surface area contributed by atoms with Crippen molar-refractivity contribution in [3.63, 3.8) is 0 Å². The summed E-state index contributed by atoms with van der Waals surface area (Å²) in [5.41, 5.74) is 0. The highest BCUT2D eigenvalue weighted by Gasteiger charge is 2.55. The SMILES string of the molecule is O=C(ON1C(=O)CCC1=O)C1C2/C=C/CCCCC21. The van der Waals surface area contributed by atoms with Crippen LogP contribution >= 0.6 is 0 Å². The zero-order chi connectivity index (χ0) is 13.4. The van der Waals surface area contributed by atoms with E-state index >= 15 is 0 Å². The second-order valence-corrected chi connectivity index (χ2v) is 5.47. The Bertz CT molecular complexity index is 440. The molecule has 0 spiro atoms. The van der Waals surface area contributed by atoms with Gasteiger partial charge in [-0.15, -0.1) is 5.06 Å². The zero-order valence-electron chi connectivity index (χ0n) is 10.7. The van der Waals surface area contributed by atoms with Crippen LogP contribution in [0, 0.1) is 17.8 Å². The number of hydrogen-bond acceptors (Lipinski definition) is 4. The predicted octanol–water partition coefficient (Wildman–Crippen LogP) is 1.59. The molecule has 19 heavy (non-hydrogen) atoms. The van der Waals surface area contributed by atoms with Gasteiger partial charge in [-0.25, -0.2) is 4.79 Å². The first kappa shape index (κ1) is 12.4. The molecule has 2 fully saturated rings. The third-order valence-electron chi connectivity index (χ3n) is 4.21. The van der Waals surface area contributed by atoms with Crippen molar-refractivity contribution in [2.45, 2.75) is 38.5 Å². The van der Waals surface area contributed by atoms with E-state index in [9.17, 15) is 14.4 Å². The third kappa shape index (κ3) is 2.29. The number of allylic oxidation sites excluding steroid dienone is 2. The summed E-state index contributed by atoms with van der Waals surface area (Å²) in [5.74, 6) is -0.850. The van der Waals surface area contributed by atoms with Gasteiger partial charge in [0.15, 0.2) is 0 Å². The molecule has 0 bridgehead atoms. The smallest absolute Gasteiger partial charge is 0.330 e. The summed E-state index contributed by atoms with van der Waals surface area (Å²) in [6.45, 7) is 0. The van der Waals surface area contributed by atoms with Crippen LogP contribution in [0.3, 0.4) is 0 Å². The summed E-state index contributed by atoms with van der Waals surface area (Å²) in [4.78, 5) is 39.8. The molecular weight excluding hydrogens is 246 g/mol. The van der Waals surface area contributed by atoms with Crippen molar-refractivity contribution in [1.29, 1.82) is 0 Å². The molecule has 5 heteroatoms. The second kappa shape index (κ2) is 4.79. The largest absolute Gasteiger partial charge is 0.337 e. The molecule has 0 N–H and O–H groups in total. The van der Waals surface area contributed by atoms with Gasteiger partial charge in [0.25, 0.3) is 11.8 Å². The molecule has 5 nitrogen and oxygen atoms in total. The maximum absolute atomic E-state index is 12.0. The lowest BCUT2D eigenvalue weighted by molar-refractivity contribution is -0.198. The van der Waals surface area contributed by atoms with Crippen LogP contribution in [0.5, 0.6) is 0 Å². The van der Waals surface area contributed by atoms with Crippen molar-refractivity contribution in [2.75, 3.05) is 0 Å². The molecule has 2 amide bonds. The molecule has 1 heterocycles. The highest BCUT2D eigenvalue weighted by atomic mass is 16.7. The molecule has 3 unspecified atom stereocenters. The van der Waals surface area contributed by atoms with E-state index in [0.717, 1.165) is 25.7 Å². The Morgan fingerprint density at radius 3 is 2.68 bits per heavy atom. The molecule has 3 aliphatic rings. The number of fused-ring (bicyclic) bond motifs is 1. The Labute approximate surface area is 111 Å². The lowest BCUT2D eigenvalue weighted by Gasteiger charge is -2.12.